The van der Waals surface area contributed by atoms with Crippen molar-refractivity contribution in [3.05, 3.63) is 29.8 Å². The first-order valence-corrected chi connectivity index (χ1v) is 6.66. The van der Waals surface area contributed by atoms with E-state index in [0.29, 0.717) is 13.0 Å². The molecule has 0 bridgehead atoms. The van der Waals surface area contributed by atoms with E-state index in [1.165, 1.54) is 12.8 Å². The Morgan fingerprint density at radius 2 is 2.06 bits per heavy atom. The van der Waals surface area contributed by atoms with Crippen molar-refractivity contribution >= 4 is 11.7 Å². The second-order valence-corrected chi connectivity index (χ2v) is 5.22. The normalized spacial score (nSPS) is 16.3. The van der Waals surface area contributed by atoms with E-state index in [-0.39, 0.29) is 11.9 Å². The molecule has 1 atom stereocenters. The zero-order valence-electron chi connectivity index (χ0n) is 10.9. The van der Waals surface area contributed by atoms with E-state index in [4.69, 9.17) is 10.5 Å². The van der Waals surface area contributed by atoms with Crippen LogP contribution in [0.4, 0.5) is 5.69 Å². The summed E-state index contributed by atoms with van der Waals surface area (Å²) in [6.07, 6.45) is 4.08. The highest BCUT2D eigenvalue weighted by Crippen LogP contribution is 2.32. The van der Waals surface area contributed by atoms with Crippen LogP contribution in [0.5, 0.6) is 0 Å². The molecule has 1 fully saturated rings. The van der Waals surface area contributed by atoms with E-state index < -0.39 is 0 Å². The summed E-state index contributed by atoms with van der Waals surface area (Å²) >= 11 is 0. The number of benzene rings is 1. The highest BCUT2D eigenvalue weighted by Gasteiger charge is 2.21. The molecular weight excluding hydrogens is 226 g/mol. The second kappa shape index (κ2) is 5.89. The van der Waals surface area contributed by atoms with Crippen LogP contribution >= 0.6 is 0 Å². The fourth-order valence-electron chi connectivity index (χ4n) is 2.00. The molecule has 98 valence electrons. The van der Waals surface area contributed by atoms with Crippen molar-refractivity contribution in [2.45, 2.75) is 38.5 Å². The average Bonchev–Trinajstić information content (AvgIpc) is 3.13. The van der Waals surface area contributed by atoms with E-state index in [2.05, 4.69) is 0 Å². The van der Waals surface area contributed by atoms with Gasteiger partial charge in [0.25, 0.3) is 0 Å². The van der Waals surface area contributed by atoms with Crippen LogP contribution in [-0.4, -0.2) is 12.6 Å². The van der Waals surface area contributed by atoms with Gasteiger partial charge in [-0.2, -0.15) is 0 Å². The SMILES string of the molecule is CC(CC(=O)OCCC1CC1)c1ccc(N)cc1. The van der Waals surface area contributed by atoms with Crippen LogP contribution in [0.1, 0.15) is 44.1 Å². The summed E-state index contributed by atoms with van der Waals surface area (Å²) in [7, 11) is 0. The summed E-state index contributed by atoms with van der Waals surface area (Å²) < 4.78 is 5.25. The lowest BCUT2D eigenvalue weighted by atomic mass is 9.98. The van der Waals surface area contributed by atoms with Crippen molar-refractivity contribution in [2.24, 2.45) is 5.92 Å². The van der Waals surface area contributed by atoms with Gasteiger partial charge < -0.3 is 10.5 Å². The van der Waals surface area contributed by atoms with Gasteiger partial charge in [-0.25, -0.2) is 0 Å². The standard InChI is InChI=1S/C15H21NO2/c1-11(13-4-6-14(16)7-5-13)10-15(17)18-9-8-12-2-3-12/h4-7,11-12H,2-3,8-10,16H2,1H3. The fraction of sp³-hybridized carbons (Fsp3) is 0.533. The van der Waals surface area contributed by atoms with Gasteiger partial charge >= 0.3 is 5.97 Å². The quantitative estimate of drug-likeness (QED) is 0.620. The summed E-state index contributed by atoms with van der Waals surface area (Å²) in [4.78, 5) is 11.6. The number of carbonyl (C=O) groups is 1. The minimum absolute atomic E-state index is 0.0972. The smallest absolute Gasteiger partial charge is 0.306 e. The molecule has 2 rings (SSSR count). The number of esters is 1. The Bertz CT molecular complexity index is 395. The zero-order valence-corrected chi connectivity index (χ0v) is 10.9. The molecule has 18 heavy (non-hydrogen) atoms. The summed E-state index contributed by atoms with van der Waals surface area (Å²) in [5, 5.41) is 0. The second-order valence-electron chi connectivity index (χ2n) is 5.22. The van der Waals surface area contributed by atoms with Gasteiger partial charge in [0, 0.05) is 5.69 Å². The first-order valence-electron chi connectivity index (χ1n) is 6.66. The summed E-state index contributed by atoms with van der Waals surface area (Å²) in [5.41, 5.74) is 7.51. The third-order valence-electron chi connectivity index (χ3n) is 3.46. The molecule has 0 saturated heterocycles. The van der Waals surface area contributed by atoms with Crippen LogP contribution in [0, 0.1) is 5.92 Å². The van der Waals surface area contributed by atoms with Gasteiger partial charge in [0.2, 0.25) is 0 Å². The maximum atomic E-state index is 11.6. The minimum Gasteiger partial charge on any atom is -0.466 e. The van der Waals surface area contributed by atoms with Crippen molar-refractivity contribution in [3.63, 3.8) is 0 Å². The molecule has 3 heteroatoms. The van der Waals surface area contributed by atoms with Crippen molar-refractivity contribution in [1.82, 2.24) is 0 Å². The summed E-state index contributed by atoms with van der Waals surface area (Å²) in [6.45, 7) is 2.62. The highest BCUT2D eigenvalue weighted by molar-refractivity contribution is 5.70. The molecular formula is C15H21NO2. The Kier molecular flexibility index (Phi) is 4.24. The van der Waals surface area contributed by atoms with Gasteiger partial charge in [0.15, 0.2) is 0 Å². The van der Waals surface area contributed by atoms with Gasteiger partial charge in [-0.15, -0.1) is 0 Å². The van der Waals surface area contributed by atoms with Gasteiger partial charge in [0.1, 0.15) is 0 Å². The number of rotatable bonds is 6. The Morgan fingerprint density at radius 1 is 1.39 bits per heavy atom. The molecule has 1 saturated carbocycles. The Labute approximate surface area is 108 Å². The molecule has 0 amide bonds. The number of anilines is 1. The predicted octanol–water partition coefficient (Wildman–Crippen LogP) is 3.11. The largest absolute Gasteiger partial charge is 0.466 e. The number of ether oxygens (including phenoxy) is 1. The van der Waals surface area contributed by atoms with Crippen LogP contribution in [0.3, 0.4) is 0 Å². The van der Waals surface area contributed by atoms with Crippen LogP contribution in [0.2, 0.25) is 0 Å². The number of hydrogen-bond acceptors (Lipinski definition) is 3. The molecule has 2 N–H and O–H groups in total. The highest BCUT2D eigenvalue weighted by atomic mass is 16.5. The number of nitrogens with two attached hydrogens (primary N) is 1. The van der Waals surface area contributed by atoms with Crippen molar-refractivity contribution in [2.75, 3.05) is 12.3 Å². The van der Waals surface area contributed by atoms with Crippen molar-refractivity contribution in [1.29, 1.82) is 0 Å². The van der Waals surface area contributed by atoms with Crippen LogP contribution in [-0.2, 0) is 9.53 Å². The summed E-state index contributed by atoms with van der Waals surface area (Å²) in [6, 6.07) is 7.67. The van der Waals surface area contributed by atoms with Gasteiger partial charge in [0.05, 0.1) is 13.0 Å². The Balaban J connectivity index is 1.73. The molecule has 0 heterocycles. The Morgan fingerprint density at radius 3 is 2.67 bits per heavy atom. The molecule has 1 aromatic rings. The topological polar surface area (TPSA) is 52.3 Å². The monoisotopic (exact) mass is 247 g/mol. The van der Waals surface area contributed by atoms with Crippen molar-refractivity contribution in [3.8, 4) is 0 Å². The number of nitrogen functional groups attached to an aromatic ring is 1. The van der Waals surface area contributed by atoms with Gasteiger partial charge in [-0.3, -0.25) is 4.79 Å². The molecule has 0 aliphatic heterocycles. The van der Waals surface area contributed by atoms with Crippen molar-refractivity contribution < 1.29 is 9.53 Å². The van der Waals surface area contributed by atoms with E-state index in [1.54, 1.807) is 0 Å². The first-order chi connectivity index (χ1) is 8.65. The molecule has 1 unspecified atom stereocenters. The van der Waals surface area contributed by atoms with E-state index >= 15 is 0 Å². The third-order valence-corrected chi connectivity index (χ3v) is 3.46. The third kappa shape index (κ3) is 4.06. The molecule has 0 radical (unpaired) electrons. The van der Waals surface area contributed by atoms with Crippen LogP contribution < -0.4 is 5.73 Å². The first kappa shape index (κ1) is 12.9. The molecule has 1 aliphatic carbocycles. The molecule has 1 aromatic carbocycles. The average molecular weight is 247 g/mol. The molecule has 0 aromatic heterocycles. The lowest BCUT2D eigenvalue weighted by molar-refractivity contribution is -0.144. The van der Waals surface area contributed by atoms with Gasteiger partial charge in [-0.1, -0.05) is 31.9 Å². The lowest BCUT2D eigenvalue weighted by Crippen LogP contribution is -2.10. The van der Waals surface area contributed by atoms with E-state index in [0.717, 1.165) is 23.6 Å². The van der Waals surface area contributed by atoms with Crippen LogP contribution in [0.15, 0.2) is 24.3 Å². The Hall–Kier alpha value is -1.51. The number of carbonyl (C=O) groups excluding carboxylic acids is 1. The van der Waals surface area contributed by atoms with E-state index in [9.17, 15) is 4.79 Å². The van der Waals surface area contributed by atoms with Gasteiger partial charge in [-0.05, 0) is 36.0 Å². The van der Waals surface area contributed by atoms with E-state index in [1.807, 2.05) is 31.2 Å². The maximum Gasteiger partial charge on any atom is 0.306 e. The fourth-order valence-corrected chi connectivity index (χ4v) is 2.00. The predicted molar refractivity (Wildman–Crippen MR) is 72.2 cm³/mol. The van der Waals surface area contributed by atoms with Crippen LogP contribution in [0.25, 0.3) is 0 Å². The zero-order chi connectivity index (χ0) is 13.0. The molecule has 3 nitrogen and oxygen atoms in total. The summed E-state index contributed by atoms with van der Waals surface area (Å²) in [5.74, 6) is 0.895. The lowest BCUT2D eigenvalue weighted by Gasteiger charge is -2.11. The maximum absolute atomic E-state index is 11.6. The number of hydrogen-bond donors (Lipinski definition) is 1. The molecule has 1 aliphatic rings. The minimum atomic E-state index is -0.0972. The molecule has 0 spiro atoms.